The van der Waals surface area contributed by atoms with Gasteiger partial charge in [-0.1, -0.05) is 6.07 Å². The first kappa shape index (κ1) is 11.6. The van der Waals surface area contributed by atoms with Crippen molar-refractivity contribution in [1.82, 2.24) is 0 Å². The van der Waals surface area contributed by atoms with Crippen LogP contribution in [0.1, 0.15) is 34.7 Å². The Kier molecular flexibility index (Phi) is 3.60. The van der Waals surface area contributed by atoms with Crippen LogP contribution in [0.2, 0.25) is 0 Å². The second-order valence-corrected chi connectivity index (χ2v) is 4.97. The highest BCUT2D eigenvalue weighted by molar-refractivity contribution is 6.20. The van der Waals surface area contributed by atoms with Crippen LogP contribution in [0.5, 0.6) is 0 Å². The van der Waals surface area contributed by atoms with E-state index in [0.717, 1.165) is 6.42 Å². The maximum Gasteiger partial charge on any atom is 0.0348 e. The van der Waals surface area contributed by atoms with Crippen LogP contribution in [-0.4, -0.2) is 5.38 Å². The molecule has 1 heteroatoms. The highest BCUT2D eigenvalue weighted by atomic mass is 35.5. The monoisotopic (exact) mass is 210 g/mol. The lowest BCUT2D eigenvalue weighted by Gasteiger charge is -2.16. The molecular weight excluding hydrogens is 192 g/mol. The molecule has 0 aromatic heterocycles. The third-order valence-corrected chi connectivity index (χ3v) is 3.16. The molecule has 1 atom stereocenters. The van der Waals surface area contributed by atoms with Crippen molar-refractivity contribution in [3.05, 3.63) is 33.9 Å². The topological polar surface area (TPSA) is 0 Å². The van der Waals surface area contributed by atoms with E-state index in [2.05, 4.69) is 40.7 Å². The van der Waals surface area contributed by atoms with Crippen molar-refractivity contribution in [3.63, 3.8) is 0 Å². The largest absolute Gasteiger partial charge is 0.123 e. The van der Waals surface area contributed by atoms with E-state index >= 15 is 0 Å². The normalized spacial score (nSPS) is 13.0. The van der Waals surface area contributed by atoms with E-state index in [-0.39, 0.29) is 5.38 Å². The Morgan fingerprint density at radius 3 is 1.86 bits per heavy atom. The highest BCUT2D eigenvalue weighted by Crippen LogP contribution is 2.23. The molecule has 0 bridgehead atoms. The van der Waals surface area contributed by atoms with E-state index in [9.17, 15) is 0 Å². The summed E-state index contributed by atoms with van der Waals surface area (Å²) in [6.45, 7) is 10.8. The average molecular weight is 211 g/mol. The van der Waals surface area contributed by atoms with Gasteiger partial charge in [0.15, 0.2) is 0 Å². The summed E-state index contributed by atoms with van der Waals surface area (Å²) in [6.07, 6.45) is 0.974. The molecule has 1 aromatic carbocycles. The van der Waals surface area contributed by atoms with Gasteiger partial charge in [0.1, 0.15) is 0 Å². The van der Waals surface area contributed by atoms with Gasteiger partial charge in [0.25, 0.3) is 0 Å². The molecule has 0 amide bonds. The van der Waals surface area contributed by atoms with Crippen molar-refractivity contribution in [2.24, 2.45) is 0 Å². The zero-order valence-corrected chi connectivity index (χ0v) is 10.5. The van der Waals surface area contributed by atoms with Crippen molar-refractivity contribution in [2.45, 2.75) is 46.4 Å². The third kappa shape index (κ3) is 2.30. The average Bonchev–Trinajstić information content (AvgIpc) is 2.09. The zero-order valence-electron chi connectivity index (χ0n) is 9.74. The summed E-state index contributed by atoms with van der Waals surface area (Å²) in [5.41, 5.74) is 6.99. The molecule has 1 rings (SSSR count). The van der Waals surface area contributed by atoms with Gasteiger partial charge in [0.05, 0.1) is 0 Å². The van der Waals surface area contributed by atoms with Gasteiger partial charge in [-0.25, -0.2) is 0 Å². The fourth-order valence-electron chi connectivity index (χ4n) is 1.89. The van der Waals surface area contributed by atoms with E-state index in [1.165, 1.54) is 27.8 Å². The van der Waals surface area contributed by atoms with Gasteiger partial charge in [0.2, 0.25) is 0 Å². The predicted molar refractivity (Wildman–Crippen MR) is 64.4 cm³/mol. The number of aryl methyl sites for hydroxylation is 2. The van der Waals surface area contributed by atoms with Crippen LogP contribution in [0.4, 0.5) is 0 Å². The van der Waals surface area contributed by atoms with E-state index in [0.29, 0.717) is 0 Å². The van der Waals surface area contributed by atoms with Gasteiger partial charge < -0.3 is 0 Å². The first-order valence-electron chi connectivity index (χ1n) is 5.13. The number of alkyl halides is 1. The molecule has 78 valence electrons. The molecule has 0 heterocycles. The second-order valence-electron chi connectivity index (χ2n) is 4.22. The van der Waals surface area contributed by atoms with Crippen molar-refractivity contribution < 1.29 is 0 Å². The fraction of sp³-hybridized carbons (Fsp3) is 0.538. The Bertz CT molecular complexity index is 311. The van der Waals surface area contributed by atoms with Gasteiger partial charge in [-0.15, -0.1) is 11.6 Å². The summed E-state index contributed by atoms with van der Waals surface area (Å²) in [5.74, 6) is 0. The molecule has 0 N–H and O–H groups in total. The standard InChI is InChI=1S/C13H19Cl/c1-8-6-9(2)12(5)13(11(8)4)7-10(3)14/h6,10H,7H2,1-5H3. The SMILES string of the molecule is Cc1cc(C)c(C)c(CC(C)Cl)c1C. The number of benzene rings is 1. The number of hydrogen-bond donors (Lipinski definition) is 0. The molecule has 0 radical (unpaired) electrons. The maximum absolute atomic E-state index is 6.06. The van der Waals surface area contributed by atoms with Crippen molar-refractivity contribution in [2.75, 3.05) is 0 Å². The maximum atomic E-state index is 6.06. The molecule has 0 saturated heterocycles. The molecule has 0 spiro atoms. The van der Waals surface area contributed by atoms with E-state index in [1.807, 2.05) is 0 Å². The molecule has 0 nitrogen and oxygen atoms in total. The minimum atomic E-state index is 0.216. The Morgan fingerprint density at radius 1 is 1.07 bits per heavy atom. The first-order chi connectivity index (χ1) is 6.43. The summed E-state index contributed by atoms with van der Waals surface area (Å²) in [5, 5.41) is 0.216. The van der Waals surface area contributed by atoms with Crippen LogP contribution in [0.3, 0.4) is 0 Å². The number of rotatable bonds is 2. The minimum Gasteiger partial charge on any atom is -0.123 e. The first-order valence-corrected chi connectivity index (χ1v) is 5.57. The summed E-state index contributed by atoms with van der Waals surface area (Å²) in [4.78, 5) is 0. The number of halogens is 1. The van der Waals surface area contributed by atoms with Crippen LogP contribution in [0, 0.1) is 27.7 Å². The lowest BCUT2D eigenvalue weighted by Crippen LogP contribution is -2.05. The van der Waals surface area contributed by atoms with E-state index in [1.54, 1.807) is 0 Å². The molecule has 0 aliphatic heterocycles. The fourth-order valence-corrected chi connectivity index (χ4v) is 2.04. The molecule has 1 unspecified atom stereocenters. The molecule has 0 fully saturated rings. The minimum absolute atomic E-state index is 0.216. The Hall–Kier alpha value is -0.490. The van der Waals surface area contributed by atoms with Crippen LogP contribution in [-0.2, 0) is 6.42 Å². The van der Waals surface area contributed by atoms with Crippen LogP contribution in [0.15, 0.2) is 6.07 Å². The lowest BCUT2D eigenvalue weighted by molar-refractivity contribution is 0.905. The zero-order chi connectivity index (χ0) is 10.9. The third-order valence-electron chi connectivity index (χ3n) is 3.01. The van der Waals surface area contributed by atoms with E-state index in [4.69, 9.17) is 11.6 Å². The predicted octanol–water partition coefficient (Wildman–Crippen LogP) is 4.09. The van der Waals surface area contributed by atoms with Gasteiger partial charge in [-0.2, -0.15) is 0 Å². The van der Waals surface area contributed by atoms with Gasteiger partial charge in [-0.3, -0.25) is 0 Å². The van der Waals surface area contributed by atoms with Crippen LogP contribution in [0.25, 0.3) is 0 Å². The van der Waals surface area contributed by atoms with Gasteiger partial charge >= 0.3 is 0 Å². The molecular formula is C13H19Cl. The second kappa shape index (κ2) is 4.35. The van der Waals surface area contributed by atoms with Gasteiger partial charge in [0, 0.05) is 5.38 Å². The van der Waals surface area contributed by atoms with E-state index < -0.39 is 0 Å². The Morgan fingerprint density at radius 2 is 1.50 bits per heavy atom. The summed E-state index contributed by atoms with van der Waals surface area (Å²) in [7, 11) is 0. The van der Waals surface area contributed by atoms with Crippen LogP contribution >= 0.6 is 11.6 Å². The number of hydrogen-bond acceptors (Lipinski definition) is 0. The lowest BCUT2D eigenvalue weighted by atomic mass is 9.92. The summed E-state index contributed by atoms with van der Waals surface area (Å²) >= 11 is 6.06. The van der Waals surface area contributed by atoms with Crippen LogP contribution < -0.4 is 0 Å². The van der Waals surface area contributed by atoms with Crippen molar-refractivity contribution >= 4 is 11.6 Å². The quantitative estimate of drug-likeness (QED) is 0.645. The Labute approximate surface area is 92.3 Å². The van der Waals surface area contributed by atoms with Crippen molar-refractivity contribution in [1.29, 1.82) is 0 Å². The molecule has 0 saturated carbocycles. The Balaban J connectivity index is 3.25. The summed E-state index contributed by atoms with van der Waals surface area (Å²) in [6, 6.07) is 2.26. The van der Waals surface area contributed by atoms with Gasteiger partial charge in [-0.05, 0) is 68.9 Å². The molecule has 0 aliphatic carbocycles. The van der Waals surface area contributed by atoms with Crippen molar-refractivity contribution in [3.8, 4) is 0 Å². The summed E-state index contributed by atoms with van der Waals surface area (Å²) < 4.78 is 0. The molecule has 14 heavy (non-hydrogen) atoms. The molecule has 1 aromatic rings. The molecule has 0 aliphatic rings. The smallest absolute Gasteiger partial charge is 0.0348 e. The highest BCUT2D eigenvalue weighted by Gasteiger charge is 2.10.